The highest BCUT2D eigenvalue weighted by Gasteiger charge is 2.22. The molecule has 1 amide bonds. The summed E-state index contributed by atoms with van der Waals surface area (Å²) in [6, 6.07) is 6.36. The average molecular weight is 388 g/mol. The number of carbonyl (C=O) groups excluding carboxylic acids is 2. The van der Waals surface area contributed by atoms with Crippen LogP contribution in [-0.4, -0.2) is 23.4 Å². The molecule has 27 heavy (non-hydrogen) atoms. The van der Waals surface area contributed by atoms with Crippen molar-refractivity contribution >= 4 is 34.6 Å². The second-order valence-corrected chi connectivity index (χ2v) is 7.89. The Bertz CT molecular complexity index is 906. The van der Waals surface area contributed by atoms with Crippen LogP contribution < -0.4 is 5.32 Å². The van der Waals surface area contributed by atoms with Crippen molar-refractivity contribution in [1.29, 1.82) is 0 Å². The SMILES string of the molecule is Cc1cccc([N+](=O)[O-])c1NC(=O)COC(=O)c1cc2c(s1)CC[C@@H](C)C2. The first-order valence-corrected chi connectivity index (χ1v) is 9.49. The van der Waals surface area contributed by atoms with Gasteiger partial charge in [-0.3, -0.25) is 14.9 Å². The second-order valence-electron chi connectivity index (χ2n) is 6.76. The highest BCUT2D eigenvalue weighted by molar-refractivity contribution is 7.14. The van der Waals surface area contributed by atoms with Gasteiger partial charge in [-0.05, 0) is 49.3 Å². The number of anilines is 1. The zero-order chi connectivity index (χ0) is 19.6. The van der Waals surface area contributed by atoms with Gasteiger partial charge in [0.2, 0.25) is 0 Å². The molecule has 3 rings (SSSR count). The lowest BCUT2D eigenvalue weighted by molar-refractivity contribution is -0.384. The number of amides is 1. The molecule has 8 heteroatoms. The summed E-state index contributed by atoms with van der Waals surface area (Å²) in [7, 11) is 0. The van der Waals surface area contributed by atoms with Crippen molar-refractivity contribution in [2.24, 2.45) is 5.92 Å². The quantitative estimate of drug-likeness (QED) is 0.476. The van der Waals surface area contributed by atoms with Crippen molar-refractivity contribution in [3.63, 3.8) is 0 Å². The van der Waals surface area contributed by atoms with Crippen molar-refractivity contribution < 1.29 is 19.2 Å². The first kappa shape index (κ1) is 19.0. The van der Waals surface area contributed by atoms with E-state index in [0.29, 0.717) is 16.4 Å². The van der Waals surface area contributed by atoms with Crippen molar-refractivity contribution in [3.8, 4) is 0 Å². The van der Waals surface area contributed by atoms with Crippen LogP contribution in [0.2, 0.25) is 0 Å². The Hall–Kier alpha value is -2.74. The molecule has 2 aromatic rings. The molecular formula is C19H20N2O5S. The van der Waals surface area contributed by atoms with Crippen molar-refractivity contribution in [2.75, 3.05) is 11.9 Å². The smallest absolute Gasteiger partial charge is 0.348 e. The van der Waals surface area contributed by atoms with Crippen LogP contribution in [0.25, 0.3) is 0 Å². The van der Waals surface area contributed by atoms with Crippen LogP contribution >= 0.6 is 11.3 Å². The zero-order valence-corrected chi connectivity index (χ0v) is 15.9. The van der Waals surface area contributed by atoms with Gasteiger partial charge in [0.15, 0.2) is 6.61 Å². The summed E-state index contributed by atoms with van der Waals surface area (Å²) in [5.41, 5.74) is 1.66. The molecular weight excluding hydrogens is 368 g/mol. The minimum absolute atomic E-state index is 0.115. The highest BCUT2D eigenvalue weighted by Crippen LogP contribution is 2.32. The predicted molar refractivity (Wildman–Crippen MR) is 102 cm³/mol. The number of nitro benzene ring substituents is 1. The number of hydrogen-bond donors (Lipinski definition) is 1. The van der Waals surface area contributed by atoms with Gasteiger partial charge < -0.3 is 10.1 Å². The number of nitrogens with one attached hydrogen (secondary N) is 1. The summed E-state index contributed by atoms with van der Waals surface area (Å²) in [5, 5.41) is 13.6. The monoisotopic (exact) mass is 388 g/mol. The molecule has 0 spiro atoms. The van der Waals surface area contributed by atoms with E-state index in [1.54, 1.807) is 19.1 Å². The molecule has 0 unspecified atom stereocenters. The maximum Gasteiger partial charge on any atom is 0.348 e. The number of fused-ring (bicyclic) bond motifs is 1. The molecule has 1 heterocycles. The number of aryl methyl sites for hydroxylation is 2. The Balaban J connectivity index is 1.62. The van der Waals surface area contributed by atoms with E-state index in [-0.39, 0.29) is 11.4 Å². The standard InChI is InChI=1S/C19H20N2O5S/c1-11-6-7-15-13(8-11)9-16(27-15)19(23)26-10-17(22)20-18-12(2)4-3-5-14(18)21(24)25/h3-5,9,11H,6-8,10H2,1-2H3,(H,20,22)/t11-/m1/s1. The zero-order valence-electron chi connectivity index (χ0n) is 15.1. The number of nitrogens with zero attached hydrogens (tertiary/aromatic N) is 1. The topological polar surface area (TPSA) is 98.5 Å². The molecule has 0 saturated heterocycles. The first-order valence-electron chi connectivity index (χ1n) is 8.67. The molecule has 0 bridgehead atoms. The number of nitro groups is 1. The second kappa shape index (κ2) is 7.87. The molecule has 0 aliphatic heterocycles. The van der Waals surface area contributed by atoms with Gasteiger partial charge in [0.25, 0.3) is 11.6 Å². The Morgan fingerprint density at radius 3 is 2.93 bits per heavy atom. The number of esters is 1. The van der Waals surface area contributed by atoms with Crippen LogP contribution in [0.3, 0.4) is 0 Å². The lowest BCUT2D eigenvalue weighted by Crippen LogP contribution is -2.21. The summed E-state index contributed by atoms with van der Waals surface area (Å²) < 4.78 is 5.10. The van der Waals surface area contributed by atoms with Crippen LogP contribution in [0.1, 0.15) is 39.0 Å². The molecule has 1 N–H and O–H groups in total. The number of carbonyl (C=O) groups is 2. The molecule has 1 aliphatic carbocycles. The molecule has 0 saturated carbocycles. The Labute approximate surface area is 160 Å². The molecule has 0 radical (unpaired) electrons. The van der Waals surface area contributed by atoms with Gasteiger partial charge in [-0.2, -0.15) is 0 Å². The highest BCUT2D eigenvalue weighted by atomic mass is 32.1. The fraction of sp³-hybridized carbons (Fsp3) is 0.368. The van der Waals surface area contributed by atoms with E-state index in [4.69, 9.17) is 4.74 Å². The van der Waals surface area contributed by atoms with E-state index in [1.807, 2.05) is 6.07 Å². The van der Waals surface area contributed by atoms with Crippen molar-refractivity contribution in [2.45, 2.75) is 33.1 Å². The lowest BCUT2D eigenvalue weighted by atomic mass is 9.90. The number of para-hydroxylation sites is 1. The summed E-state index contributed by atoms with van der Waals surface area (Å²) in [6.45, 7) is 3.35. The molecule has 1 atom stereocenters. The van der Waals surface area contributed by atoms with E-state index < -0.39 is 23.4 Å². The van der Waals surface area contributed by atoms with Crippen LogP contribution in [0.15, 0.2) is 24.3 Å². The first-order chi connectivity index (χ1) is 12.8. The number of hydrogen-bond acceptors (Lipinski definition) is 6. The van der Waals surface area contributed by atoms with E-state index >= 15 is 0 Å². The van der Waals surface area contributed by atoms with Crippen LogP contribution in [-0.2, 0) is 22.4 Å². The van der Waals surface area contributed by atoms with Crippen molar-refractivity contribution in [1.82, 2.24) is 0 Å². The Kier molecular flexibility index (Phi) is 5.55. The third kappa shape index (κ3) is 4.33. The third-order valence-corrected chi connectivity index (χ3v) is 5.79. The minimum atomic E-state index is -0.615. The van der Waals surface area contributed by atoms with Gasteiger partial charge in [-0.1, -0.05) is 19.1 Å². The fourth-order valence-corrected chi connectivity index (χ4v) is 4.25. The largest absolute Gasteiger partial charge is 0.451 e. The predicted octanol–water partition coefficient (Wildman–Crippen LogP) is 3.89. The Morgan fingerprint density at radius 1 is 1.41 bits per heavy atom. The fourth-order valence-electron chi connectivity index (χ4n) is 3.15. The third-order valence-electron chi connectivity index (χ3n) is 4.58. The van der Waals surface area contributed by atoms with Gasteiger partial charge >= 0.3 is 5.97 Å². The van der Waals surface area contributed by atoms with Gasteiger partial charge in [0.05, 0.1) is 4.92 Å². The summed E-state index contributed by atoms with van der Waals surface area (Å²) in [5.74, 6) is -0.557. The lowest BCUT2D eigenvalue weighted by Gasteiger charge is -2.16. The van der Waals surface area contributed by atoms with E-state index in [0.717, 1.165) is 19.3 Å². The van der Waals surface area contributed by atoms with Crippen molar-refractivity contribution in [3.05, 3.63) is 55.3 Å². The van der Waals surface area contributed by atoms with E-state index in [9.17, 15) is 19.7 Å². The summed E-state index contributed by atoms with van der Waals surface area (Å²) in [4.78, 5) is 36.6. The molecule has 0 fully saturated rings. The van der Waals surface area contributed by atoms with Gasteiger partial charge in [-0.15, -0.1) is 11.3 Å². The van der Waals surface area contributed by atoms with Gasteiger partial charge in [-0.25, -0.2) is 4.79 Å². The summed E-state index contributed by atoms with van der Waals surface area (Å²) >= 11 is 1.41. The molecule has 7 nitrogen and oxygen atoms in total. The van der Waals surface area contributed by atoms with Gasteiger partial charge in [0.1, 0.15) is 10.6 Å². The summed E-state index contributed by atoms with van der Waals surface area (Å²) in [6.07, 6.45) is 3.03. The maximum absolute atomic E-state index is 12.2. The van der Waals surface area contributed by atoms with Crippen LogP contribution in [0, 0.1) is 23.0 Å². The molecule has 1 aliphatic rings. The number of thiophene rings is 1. The number of rotatable bonds is 5. The van der Waals surface area contributed by atoms with Gasteiger partial charge in [0, 0.05) is 10.9 Å². The molecule has 1 aromatic heterocycles. The normalized spacial score (nSPS) is 15.7. The minimum Gasteiger partial charge on any atom is -0.451 e. The van der Waals surface area contributed by atoms with Crippen LogP contribution in [0.4, 0.5) is 11.4 Å². The molecule has 1 aromatic carbocycles. The number of benzene rings is 1. The maximum atomic E-state index is 12.2. The van der Waals surface area contributed by atoms with E-state index in [1.165, 1.54) is 27.8 Å². The van der Waals surface area contributed by atoms with E-state index in [2.05, 4.69) is 12.2 Å². The van der Waals surface area contributed by atoms with Crippen LogP contribution in [0.5, 0.6) is 0 Å². The Morgan fingerprint density at radius 2 is 2.19 bits per heavy atom. The number of ether oxygens (including phenoxy) is 1. The molecule has 142 valence electrons. The average Bonchev–Trinajstić information content (AvgIpc) is 3.04.